The van der Waals surface area contributed by atoms with Gasteiger partial charge in [-0.2, -0.15) is 0 Å². The molecule has 0 radical (unpaired) electrons. The molecule has 5 aliphatic rings. The Morgan fingerprint density at radius 3 is 2.66 bits per heavy atom. The van der Waals surface area contributed by atoms with Crippen molar-refractivity contribution in [3.63, 3.8) is 0 Å². The van der Waals surface area contributed by atoms with E-state index in [4.69, 9.17) is 23.4 Å². The van der Waals surface area contributed by atoms with E-state index < -0.39 is 16.9 Å². The van der Waals surface area contributed by atoms with Crippen LogP contribution in [0.1, 0.15) is 58.4 Å². The van der Waals surface area contributed by atoms with E-state index in [0.29, 0.717) is 13.0 Å². The van der Waals surface area contributed by atoms with Crippen LogP contribution in [0, 0.1) is 28.1 Å². The summed E-state index contributed by atoms with van der Waals surface area (Å²) in [6.07, 6.45) is 3.99. The molecule has 2 saturated heterocycles. The molecule has 1 unspecified atom stereocenters. The number of allylic oxidation sites excluding steroid dienone is 1. The van der Waals surface area contributed by atoms with Crippen LogP contribution in [-0.4, -0.2) is 62.4 Å². The Morgan fingerprint density at radius 2 is 2.00 bits per heavy atom. The second-order valence-corrected chi connectivity index (χ2v) is 12.2. The van der Waals surface area contributed by atoms with Crippen LogP contribution in [0.15, 0.2) is 34.2 Å². The first kappa shape index (κ1) is 23.7. The van der Waals surface area contributed by atoms with Crippen molar-refractivity contribution in [1.29, 1.82) is 0 Å². The van der Waals surface area contributed by atoms with Crippen molar-refractivity contribution in [3.05, 3.63) is 35.3 Å². The van der Waals surface area contributed by atoms with E-state index in [1.54, 1.807) is 13.4 Å². The van der Waals surface area contributed by atoms with Crippen molar-refractivity contribution >= 4 is 5.97 Å². The molecule has 2 saturated carbocycles. The highest BCUT2D eigenvalue weighted by molar-refractivity contribution is 5.70. The molecule has 4 fully saturated rings. The number of hydrogen-bond donors (Lipinski definition) is 1. The minimum Gasteiger partial charge on any atom is -0.472 e. The highest BCUT2D eigenvalue weighted by Crippen LogP contribution is 2.73. The SMILES string of the molecule is COC(=O)CC1[C@@]2(C)[C@@H](O)C[C@@H](OC)[C@@]3(C)CO[C@@H]([C@H]4O[C@@H]5C[C@@H](c6ccoc6)C(C)=C5[C@@]14C)[C@@H]32. The van der Waals surface area contributed by atoms with Gasteiger partial charge in [0.15, 0.2) is 0 Å². The molecule has 7 nitrogen and oxygen atoms in total. The van der Waals surface area contributed by atoms with Gasteiger partial charge in [0.1, 0.15) is 0 Å². The van der Waals surface area contributed by atoms with Crippen LogP contribution < -0.4 is 0 Å². The third-order valence-corrected chi connectivity index (χ3v) is 11.0. The van der Waals surface area contributed by atoms with Gasteiger partial charge in [-0.25, -0.2) is 0 Å². The molecule has 6 rings (SSSR count). The normalized spacial score (nSPS) is 50.1. The third-order valence-electron chi connectivity index (χ3n) is 11.0. The number of furan rings is 1. The van der Waals surface area contributed by atoms with E-state index in [-0.39, 0.29) is 60.0 Å². The summed E-state index contributed by atoms with van der Waals surface area (Å²) >= 11 is 0. The molecule has 11 atom stereocenters. The van der Waals surface area contributed by atoms with Gasteiger partial charge in [0.2, 0.25) is 0 Å². The predicted octanol–water partition coefficient (Wildman–Crippen LogP) is 3.86. The van der Waals surface area contributed by atoms with Gasteiger partial charge < -0.3 is 28.5 Å². The fourth-order valence-corrected chi connectivity index (χ4v) is 9.51. The molecule has 7 heteroatoms. The monoisotopic (exact) mass is 486 g/mol. The molecule has 192 valence electrons. The first-order chi connectivity index (χ1) is 16.6. The first-order valence-electron chi connectivity index (χ1n) is 12.9. The maximum absolute atomic E-state index is 12.9. The summed E-state index contributed by atoms with van der Waals surface area (Å²) in [6.45, 7) is 9.41. The summed E-state index contributed by atoms with van der Waals surface area (Å²) in [5.74, 6) is -0.191. The summed E-state index contributed by atoms with van der Waals surface area (Å²) in [6, 6.07) is 2.03. The zero-order valence-corrected chi connectivity index (χ0v) is 21.6. The Bertz CT molecular complexity index is 1050. The molecule has 3 aliphatic carbocycles. The maximum atomic E-state index is 12.9. The Labute approximate surface area is 207 Å². The third kappa shape index (κ3) is 2.79. The van der Waals surface area contributed by atoms with Crippen molar-refractivity contribution in [2.75, 3.05) is 20.8 Å². The lowest BCUT2D eigenvalue weighted by Crippen LogP contribution is -2.70. The average molecular weight is 487 g/mol. The largest absolute Gasteiger partial charge is 0.472 e. The Morgan fingerprint density at radius 1 is 1.23 bits per heavy atom. The minimum absolute atomic E-state index is 0.000773. The fourth-order valence-electron chi connectivity index (χ4n) is 9.51. The molecule has 0 bridgehead atoms. The highest BCUT2D eigenvalue weighted by Gasteiger charge is 2.77. The summed E-state index contributed by atoms with van der Waals surface area (Å²) in [7, 11) is 3.16. The molecular weight excluding hydrogens is 448 g/mol. The van der Waals surface area contributed by atoms with E-state index in [1.807, 2.05) is 12.3 Å². The summed E-state index contributed by atoms with van der Waals surface area (Å²) < 4.78 is 30.1. The number of hydrogen-bond acceptors (Lipinski definition) is 7. The average Bonchev–Trinajstić information content (AvgIpc) is 3.59. The van der Waals surface area contributed by atoms with Gasteiger partial charge in [0.05, 0.1) is 56.8 Å². The molecular formula is C28H38O7. The van der Waals surface area contributed by atoms with Crippen LogP contribution >= 0.6 is 0 Å². The van der Waals surface area contributed by atoms with Gasteiger partial charge in [-0.05, 0) is 36.5 Å². The fraction of sp³-hybridized carbons (Fsp3) is 0.750. The number of carbonyl (C=O) groups excluding carboxylic acids is 1. The lowest BCUT2D eigenvalue weighted by molar-refractivity contribution is -0.245. The molecule has 0 aromatic carbocycles. The molecule has 1 aromatic heterocycles. The number of fused-ring (bicyclic) bond motifs is 4. The number of aliphatic hydroxyl groups excluding tert-OH is 1. The van der Waals surface area contributed by atoms with Crippen LogP contribution in [0.4, 0.5) is 0 Å². The van der Waals surface area contributed by atoms with E-state index in [9.17, 15) is 9.90 Å². The maximum Gasteiger partial charge on any atom is 0.305 e. The van der Waals surface area contributed by atoms with E-state index in [2.05, 4.69) is 27.7 Å². The Balaban J connectivity index is 1.54. The second-order valence-electron chi connectivity index (χ2n) is 12.2. The topological polar surface area (TPSA) is 87.4 Å². The zero-order valence-electron chi connectivity index (χ0n) is 21.6. The van der Waals surface area contributed by atoms with E-state index in [0.717, 1.165) is 12.0 Å². The van der Waals surface area contributed by atoms with Gasteiger partial charge in [0.25, 0.3) is 0 Å². The smallest absolute Gasteiger partial charge is 0.305 e. The van der Waals surface area contributed by atoms with Crippen LogP contribution in [-0.2, 0) is 23.7 Å². The van der Waals surface area contributed by atoms with Crippen LogP contribution in [0.2, 0.25) is 0 Å². The van der Waals surface area contributed by atoms with Crippen molar-refractivity contribution in [1.82, 2.24) is 0 Å². The van der Waals surface area contributed by atoms with Gasteiger partial charge >= 0.3 is 5.97 Å². The molecule has 2 aliphatic heterocycles. The van der Waals surface area contributed by atoms with Crippen LogP contribution in [0.5, 0.6) is 0 Å². The van der Waals surface area contributed by atoms with Crippen molar-refractivity contribution in [2.45, 2.75) is 83.4 Å². The van der Waals surface area contributed by atoms with Crippen LogP contribution in [0.3, 0.4) is 0 Å². The van der Waals surface area contributed by atoms with Crippen molar-refractivity contribution < 1.29 is 33.3 Å². The lowest BCUT2D eigenvalue weighted by Gasteiger charge is -2.65. The summed E-state index contributed by atoms with van der Waals surface area (Å²) in [5.41, 5.74) is 2.42. The molecule has 3 heterocycles. The summed E-state index contributed by atoms with van der Waals surface area (Å²) in [5, 5.41) is 11.8. The van der Waals surface area contributed by atoms with E-state index in [1.165, 1.54) is 18.3 Å². The van der Waals surface area contributed by atoms with Gasteiger partial charge in [-0.1, -0.05) is 26.3 Å². The van der Waals surface area contributed by atoms with Gasteiger partial charge in [0, 0.05) is 48.0 Å². The molecule has 0 spiro atoms. The quantitative estimate of drug-likeness (QED) is 0.511. The minimum atomic E-state index is -0.631. The number of aliphatic hydroxyl groups is 1. The Kier molecular flexibility index (Phi) is 5.20. The molecule has 0 amide bonds. The Hall–Kier alpha value is -1.67. The predicted molar refractivity (Wildman–Crippen MR) is 127 cm³/mol. The number of carbonyl (C=O) groups is 1. The van der Waals surface area contributed by atoms with Crippen molar-refractivity contribution in [3.8, 4) is 0 Å². The lowest BCUT2D eigenvalue weighted by atomic mass is 9.40. The molecule has 1 aromatic rings. The molecule has 35 heavy (non-hydrogen) atoms. The van der Waals surface area contributed by atoms with E-state index >= 15 is 0 Å². The number of ether oxygens (including phenoxy) is 4. The van der Waals surface area contributed by atoms with Gasteiger partial charge in [-0.3, -0.25) is 4.79 Å². The molecule has 1 N–H and O–H groups in total. The van der Waals surface area contributed by atoms with Gasteiger partial charge in [-0.15, -0.1) is 0 Å². The summed E-state index contributed by atoms with van der Waals surface area (Å²) in [4.78, 5) is 12.9. The van der Waals surface area contributed by atoms with Crippen molar-refractivity contribution in [2.24, 2.45) is 28.1 Å². The number of rotatable bonds is 4. The second kappa shape index (κ2) is 7.67. The van der Waals surface area contributed by atoms with Crippen LogP contribution in [0.25, 0.3) is 0 Å². The number of methoxy groups -OCH3 is 2. The highest BCUT2D eigenvalue weighted by atomic mass is 16.6. The zero-order chi connectivity index (χ0) is 24.9. The standard InChI is InChI=1S/C28H38O7/c1-14-16(15-7-8-33-12-15)9-17-22(14)28(4)18(10-21(30)32-6)27(3)19(29)11-20(31-5)26(2)13-34-23(24(26)27)25(28)35-17/h7-8,12,16-20,23-25,29H,9-11,13H2,1-6H3/t16-,17-,18?,19+,20-,23-,24+,25-,26-,27+,28-/m1/s1. The number of esters is 1. The first-order valence-corrected chi connectivity index (χ1v) is 12.9.